The minimum atomic E-state index is 0. The molecule has 1 aliphatic carbocycles. The Hall–Kier alpha value is -1.19. The molecule has 2 fully saturated rings. The molecular formula is C17H25Cl2N5O2S. The molecule has 2 aromatic heterocycles. The number of carbonyl (C=O) groups is 1. The van der Waals surface area contributed by atoms with Crippen molar-refractivity contribution in [3.05, 3.63) is 23.4 Å². The Morgan fingerprint density at radius 1 is 1.26 bits per heavy atom. The minimum absolute atomic E-state index is 0. The monoisotopic (exact) mass is 433 g/mol. The van der Waals surface area contributed by atoms with Gasteiger partial charge in [-0.3, -0.25) is 9.69 Å². The van der Waals surface area contributed by atoms with Gasteiger partial charge in [0.15, 0.2) is 0 Å². The number of amides is 1. The Morgan fingerprint density at radius 2 is 2.04 bits per heavy atom. The Kier molecular flexibility index (Phi) is 8.50. The van der Waals surface area contributed by atoms with E-state index in [9.17, 15) is 4.79 Å². The van der Waals surface area contributed by atoms with Gasteiger partial charge < -0.3 is 14.7 Å². The van der Waals surface area contributed by atoms with E-state index in [4.69, 9.17) is 4.52 Å². The fourth-order valence-electron chi connectivity index (χ4n) is 2.99. The molecule has 150 valence electrons. The molecule has 7 nitrogen and oxygen atoms in total. The molecule has 27 heavy (non-hydrogen) atoms. The first-order chi connectivity index (χ1) is 12.3. The van der Waals surface area contributed by atoms with Crippen molar-refractivity contribution in [3.63, 3.8) is 0 Å². The number of thiophene rings is 1. The molecule has 0 aromatic carbocycles. The van der Waals surface area contributed by atoms with Crippen LogP contribution in [0, 0.1) is 5.92 Å². The van der Waals surface area contributed by atoms with Gasteiger partial charge >= 0.3 is 0 Å². The third-order valence-corrected chi connectivity index (χ3v) is 5.57. The highest BCUT2D eigenvalue weighted by atomic mass is 35.5. The van der Waals surface area contributed by atoms with Gasteiger partial charge in [-0.1, -0.05) is 11.2 Å². The fraction of sp³-hybridized carbons (Fsp3) is 0.588. The van der Waals surface area contributed by atoms with Crippen LogP contribution in [-0.2, 0) is 11.3 Å². The lowest BCUT2D eigenvalue weighted by Crippen LogP contribution is -2.50. The summed E-state index contributed by atoms with van der Waals surface area (Å²) in [6.45, 7) is 5.28. The summed E-state index contributed by atoms with van der Waals surface area (Å²) in [6.07, 6.45) is 2.62. The predicted molar refractivity (Wildman–Crippen MR) is 110 cm³/mol. The molecule has 0 radical (unpaired) electrons. The van der Waals surface area contributed by atoms with E-state index in [1.165, 1.54) is 12.8 Å². The summed E-state index contributed by atoms with van der Waals surface area (Å²) in [6, 6.07) is 3.97. The van der Waals surface area contributed by atoms with Crippen LogP contribution in [0.1, 0.15) is 18.7 Å². The SMILES string of the molecule is Cl.Cl.O=C(CNCC1CC1)N1CCN(Cc2nc(-c3cccs3)no2)CC1. The van der Waals surface area contributed by atoms with E-state index in [1.807, 2.05) is 22.4 Å². The maximum absolute atomic E-state index is 12.2. The normalized spacial score (nSPS) is 17.3. The average Bonchev–Trinajstić information content (AvgIpc) is 3.10. The van der Waals surface area contributed by atoms with E-state index >= 15 is 0 Å². The number of hydrogen-bond acceptors (Lipinski definition) is 7. The average molecular weight is 434 g/mol. The van der Waals surface area contributed by atoms with Gasteiger partial charge in [0.2, 0.25) is 17.6 Å². The van der Waals surface area contributed by atoms with Gasteiger partial charge in [-0.05, 0) is 36.8 Å². The Labute approximate surface area is 175 Å². The van der Waals surface area contributed by atoms with Crippen molar-refractivity contribution in [1.82, 2.24) is 25.3 Å². The van der Waals surface area contributed by atoms with Crippen LogP contribution in [0.3, 0.4) is 0 Å². The predicted octanol–water partition coefficient (Wildman–Crippen LogP) is 2.29. The van der Waals surface area contributed by atoms with Crippen LogP contribution in [0.2, 0.25) is 0 Å². The van der Waals surface area contributed by atoms with E-state index in [0.717, 1.165) is 43.5 Å². The summed E-state index contributed by atoms with van der Waals surface area (Å²) >= 11 is 1.60. The van der Waals surface area contributed by atoms with E-state index in [0.29, 0.717) is 24.8 Å². The van der Waals surface area contributed by atoms with Gasteiger partial charge in [-0.25, -0.2) is 0 Å². The molecule has 1 saturated heterocycles. The van der Waals surface area contributed by atoms with Gasteiger partial charge in [-0.15, -0.1) is 36.2 Å². The fourth-order valence-corrected chi connectivity index (χ4v) is 3.64. The quantitative estimate of drug-likeness (QED) is 0.721. The van der Waals surface area contributed by atoms with Crippen molar-refractivity contribution in [2.75, 3.05) is 39.3 Å². The highest BCUT2D eigenvalue weighted by molar-refractivity contribution is 7.13. The summed E-state index contributed by atoms with van der Waals surface area (Å²) in [5.41, 5.74) is 0. The van der Waals surface area contributed by atoms with Gasteiger partial charge in [0, 0.05) is 26.2 Å². The molecule has 1 saturated carbocycles. The van der Waals surface area contributed by atoms with Gasteiger partial charge in [0.1, 0.15) is 0 Å². The zero-order chi connectivity index (χ0) is 17.1. The molecular weight excluding hydrogens is 409 g/mol. The second-order valence-corrected chi connectivity index (χ2v) is 7.67. The van der Waals surface area contributed by atoms with Gasteiger partial charge in [0.05, 0.1) is 18.0 Å². The molecule has 3 heterocycles. The molecule has 2 aromatic rings. The number of hydrogen-bond donors (Lipinski definition) is 1. The first kappa shape index (κ1) is 22.1. The minimum Gasteiger partial charge on any atom is -0.339 e. The zero-order valence-electron chi connectivity index (χ0n) is 15.0. The maximum Gasteiger partial charge on any atom is 0.241 e. The van der Waals surface area contributed by atoms with Gasteiger partial charge in [0.25, 0.3) is 0 Å². The first-order valence-corrected chi connectivity index (χ1v) is 9.73. The smallest absolute Gasteiger partial charge is 0.241 e. The molecule has 1 amide bonds. The lowest BCUT2D eigenvalue weighted by atomic mass is 10.3. The maximum atomic E-state index is 12.2. The lowest BCUT2D eigenvalue weighted by Gasteiger charge is -2.34. The number of piperazine rings is 1. The molecule has 4 rings (SSSR count). The van der Waals surface area contributed by atoms with Crippen LogP contribution >= 0.6 is 36.2 Å². The second-order valence-electron chi connectivity index (χ2n) is 6.72. The Bertz CT molecular complexity index is 700. The first-order valence-electron chi connectivity index (χ1n) is 8.85. The molecule has 1 N–H and O–H groups in total. The van der Waals surface area contributed by atoms with E-state index < -0.39 is 0 Å². The van der Waals surface area contributed by atoms with Crippen molar-refractivity contribution >= 4 is 42.1 Å². The molecule has 0 bridgehead atoms. The molecule has 10 heteroatoms. The summed E-state index contributed by atoms with van der Waals surface area (Å²) in [5.74, 6) is 2.30. The van der Waals surface area contributed by atoms with E-state index in [1.54, 1.807) is 11.3 Å². The third-order valence-electron chi connectivity index (χ3n) is 4.70. The number of nitrogens with one attached hydrogen (secondary N) is 1. The number of rotatable bonds is 7. The highest BCUT2D eigenvalue weighted by Gasteiger charge is 2.24. The van der Waals surface area contributed by atoms with Crippen molar-refractivity contribution in [1.29, 1.82) is 0 Å². The third kappa shape index (κ3) is 6.15. The molecule has 2 aliphatic rings. The summed E-state index contributed by atoms with van der Waals surface area (Å²) in [5, 5.41) is 9.32. The second kappa shape index (κ2) is 10.4. The molecule has 0 spiro atoms. The van der Waals surface area contributed by atoms with Crippen LogP contribution in [0.5, 0.6) is 0 Å². The van der Waals surface area contributed by atoms with Crippen molar-refractivity contribution in [3.8, 4) is 10.7 Å². The highest BCUT2D eigenvalue weighted by Crippen LogP contribution is 2.27. The van der Waals surface area contributed by atoms with Crippen LogP contribution in [0.25, 0.3) is 10.7 Å². The van der Waals surface area contributed by atoms with Crippen molar-refractivity contribution in [2.24, 2.45) is 5.92 Å². The number of carbonyl (C=O) groups excluding carboxylic acids is 1. The Morgan fingerprint density at radius 3 is 2.70 bits per heavy atom. The number of nitrogens with zero attached hydrogens (tertiary/aromatic N) is 4. The van der Waals surface area contributed by atoms with Crippen molar-refractivity contribution < 1.29 is 9.32 Å². The summed E-state index contributed by atoms with van der Waals surface area (Å²) < 4.78 is 5.36. The van der Waals surface area contributed by atoms with E-state index in [-0.39, 0.29) is 30.7 Å². The number of halogens is 2. The molecule has 0 unspecified atom stereocenters. The largest absolute Gasteiger partial charge is 0.339 e. The van der Waals surface area contributed by atoms with Crippen LogP contribution in [0.15, 0.2) is 22.0 Å². The van der Waals surface area contributed by atoms with Crippen molar-refractivity contribution in [2.45, 2.75) is 19.4 Å². The van der Waals surface area contributed by atoms with Crippen LogP contribution in [-0.4, -0.2) is 65.1 Å². The standard InChI is InChI=1S/C17H23N5O2S.2ClH/c23-16(11-18-10-13-3-4-13)22-7-5-21(6-8-22)12-15-19-17(20-24-15)14-2-1-9-25-14;;/h1-2,9,13,18H,3-8,10-12H2;2*1H. The summed E-state index contributed by atoms with van der Waals surface area (Å²) in [4.78, 5) is 21.9. The van der Waals surface area contributed by atoms with E-state index in [2.05, 4.69) is 20.4 Å². The Balaban J connectivity index is 0.00000131. The number of aromatic nitrogens is 2. The van der Waals surface area contributed by atoms with Crippen LogP contribution < -0.4 is 5.32 Å². The topological polar surface area (TPSA) is 74.5 Å². The van der Waals surface area contributed by atoms with Crippen LogP contribution in [0.4, 0.5) is 0 Å². The molecule has 0 atom stereocenters. The van der Waals surface area contributed by atoms with Gasteiger partial charge in [-0.2, -0.15) is 4.98 Å². The lowest BCUT2D eigenvalue weighted by molar-refractivity contribution is -0.132. The zero-order valence-corrected chi connectivity index (χ0v) is 17.5. The molecule has 1 aliphatic heterocycles. The summed E-state index contributed by atoms with van der Waals surface area (Å²) in [7, 11) is 0.